The zero-order valence-corrected chi connectivity index (χ0v) is 16.7. The lowest BCUT2D eigenvalue weighted by Crippen LogP contribution is -2.41. The molecule has 0 spiro atoms. The summed E-state index contributed by atoms with van der Waals surface area (Å²) in [6.07, 6.45) is 1.20. The van der Waals surface area contributed by atoms with Crippen LogP contribution in [0, 0.1) is 5.92 Å². The zero-order valence-electron chi connectivity index (χ0n) is 15.9. The molecule has 28 heavy (non-hydrogen) atoms. The number of piperidine rings is 1. The van der Waals surface area contributed by atoms with Crippen LogP contribution in [0.2, 0.25) is 5.02 Å². The van der Waals surface area contributed by atoms with E-state index in [1.165, 1.54) is 0 Å². The van der Waals surface area contributed by atoms with Gasteiger partial charge in [0.2, 0.25) is 5.91 Å². The molecule has 0 aromatic heterocycles. The number of benzene rings is 2. The average Bonchev–Trinajstić information content (AvgIpc) is 2.74. The molecule has 0 bridgehead atoms. The monoisotopic (exact) mass is 402 g/mol. The molecule has 0 unspecified atom stereocenters. The van der Waals surface area contributed by atoms with Crippen molar-refractivity contribution in [1.29, 1.82) is 0 Å². The van der Waals surface area contributed by atoms with Gasteiger partial charge in [0, 0.05) is 25.1 Å². The largest absolute Gasteiger partial charge is 0.497 e. The number of likely N-dealkylation sites (tertiary alicyclic amines) is 1. The Balaban J connectivity index is 1.60. The van der Waals surface area contributed by atoms with E-state index in [4.69, 9.17) is 21.1 Å². The molecular weight excluding hydrogens is 380 g/mol. The fourth-order valence-electron chi connectivity index (χ4n) is 3.29. The van der Waals surface area contributed by atoms with Gasteiger partial charge in [-0.3, -0.25) is 9.59 Å². The van der Waals surface area contributed by atoms with Crippen molar-refractivity contribution < 1.29 is 19.1 Å². The highest BCUT2D eigenvalue weighted by Gasteiger charge is 2.29. The first-order chi connectivity index (χ1) is 13.5. The Hall–Kier alpha value is -2.73. The van der Waals surface area contributed by atoms with E-state index in [2.05, 4.69) is 5.32 Å². The van der Waals surface area contributed by atoms with Gasteiger partial charge in [0.05, 0.1) is 30.5 Å². The highest BCUT2D eigenvalue weighted by atomic mass is 35.5. The highest BCUT2D eigenvalue weighted by molar-refractivity contribution is 6.33. The standard InChI is InChI=1S/C21H23ClN2O4/c1-27-15-7-8-18(19(13-15)28-2)23-20(25)14-9-11-24(12-10-14)21(26)16-5-3-4-6-17(16)22/h3-8,13-14H,9-12H2,1-2H3,(H,23,25). The molecule has 1 aliphatic heterocycles. The minimum Gasteiger partial charge on any atom is -0.497 e. The summed E-state index contributed by atoms with van der Waals surface area (Å²) in [7, 11) is 3.12. The molecule has 148 valence electrons. The summed E-state index contributed by atoms with van der Waals surface area (Å²) in [5, 5.41) is 3.37. The number of hydrogen-bond donors (Lipinski definition) is 1. The number of anilines is 1. The van der Waals surface area contributed by atoms with Crippen LogP contribution in [0.5, 0.6) is 11.5 Å². The molecule has 2 aromatic carbocycles. The van der Waals surface area contributed by atoms with E-state index in [1.54, 1.807) is 61.6 Å². The van der Waals surface area contributed by atoms with Gasteiger partial charge >= 0.3 is 0 Å². The van der Waals surface area contributed by atoms with Crippen molar-refractivity contribution in [1.82, 2.24) is 4.90 Å². The van der Waals surface area contributed by atoms with Crippen LogP contribution >= 0.6 is 11.6 Å². The predicted molar refractivity (Wildman–Crippen MR) is 108 cm³/mol. The molecule has 1 N–H and O–H groups in total. The third-order valence-corrected chi connectivity index (χ3v) is 5.25. The van der Waals surface area contributed by atoms with E-state index >= 15 is 0 Å². The fraction of sp³-hybridized carbons (Fsp3) is 0.333. The lowest BCUT2D eigenvalue weighted by atomic mass is 9.95. The second kappa shape index (κ2) is 8.97. The SMILES string of the molecule is COc1ccc(NC(=O)C2CCN(C(=O)c3ccccc3Cl)CC2)c(OC)c1. The van der Waals surface area contributed by atoms with Gasteiger partial charge in [0.15, 0.2) is 0 Å². The molecule has 1 fully saturated rings. The fourth-order valence-corrected chi connectivity index (χ4v) is 3.50. The number of nitrogens with zero attached hydrogens (tertiary/aromatic N) is 1. The van der Waals surface area contributed by atoms with Crippen molar-refractivity contribution in [3.63, 3.8) is 0 Å². The van der Waals surface area contributed by atoms with Crippen molar-refractivity contribution in [2.45, 2.75) is 12.8 Å². The minimum atomic E-state index is -0.165. The number of carbonyl (C=O) groups excluding carboxylic acids is 2. The van der Waals surface area contributed by atoms with Crippen LogP contribution in [-0.2, 0) is 4.79 Å². The van der Waals surface area contributed by atoms with Gasteiger partial charge in [-0.25, -0.2) is 0 Å². The second-order valence-corrected chi connectivity index (χ2v) is 7.01. The van der Waals surface area contributed by atoms with E-state index in [9.17, 15) is 9.59 Å². The first kappa shape index (κ1) is 20.0. The van der Waals surface area contributed by atoms with Crippen LogP contribution in [0.25, 0.3) is 0 Å². The molecule has 1 heterocycles. The Bertz CT molecular complexity index is 863. The van der Waals surface area contributed by atoms with Crippen LogP contribution in [0.15, 0.2) is 42.5 Å². The molecule has 0 aliphatic carbocycles. The maximum Gasteiger partial charge on any atom is 0.255 e. The summed E-state index contributed by atoms with van der Waals surface area (Å²) in [5.41, 5.74) is 1.10. The van der Waals surface area contributed by atoms with Crippen molar-refractivity contribution in [3.8, 4) is 11.5 Å². The molecule has 0 saturated carbocycles. The van der Waals surface area contributed by atoms with E-state index in [-0.39, 0.29) is 17.7 Å². The van der Waals surface area contributed by atoms with Crippen molar-refractivity contribution in [3.05, 3.63) is 53.1 Å². The molecule has 3 rings (SSSR count). The second-order valence-electron chi connectivity index (χ2n) is 6.60. The lowest BCUT2D eigenvalue weighted by molar-refractivity contribution is -0.121. The number of hydrogen-bond acceptors (Lipinski definition) is 4. The van der Waals surface area contributed by atoms with Gasteiger partial charge in [-0.05, 0) is 37.1 Å². The molecule has 2 aromatic rings. The Labute approximate surface area is 169 Å². The van der Waals surface area contributed by atoms with Gasteiger partial charge in [-0.2, -0.15) is 0 Å². The van der Waals surface area contributed by atoms with E-state index in [0.717, 1.165) is 0 Å². The molecule has 6 nitrogen and oxygen atoms in total. The number of methoxy groups -OCH3 is 2. The molecule has 7 heteroatoms. The molecule has 1 aliphatic rings. The van der Waals surface area contributed by atoms with Gasteiger partial charge in [0.25, 0.3) is 5.91 Å². The zero-order chi connectivity index (χ0) is 20.1. The molecular formula is C21H23ClN2O4. The van der Waals surface area contributed by atoms with Gasteiger partial charge in [-0.15, -0.1) is 0 Å². The first-order valence-corrected chi connectivity index (χ1v) is 9.48. The quantitative estimate of drug-likeness (QED) is 0.824. The third-order valence-electron chi connectivity index (χ3n) is 4.92. The summed E-state index contributed by atoms with van der Waals surface area (Å²) in [6.45, 7) is 1.03. The summed E-state index contributed by atoms with van der Waals surface area (Å²) < 4.78 is 10.5. The maximum absolute atomic E-state index is 12.7. The van der Waals surface area contributed by atoms with Crippen LogP contribution in [0.4, 0.5) is 5.69 Å². The maximum atomic E-state index is 12.7. The molecule has 0 radical (unpaired) electrons. The van der Waals surface area contributed by atoms with Crippen molar-refractivity contribution in [2.75, 3.05) is 32.6 Å². The van der Waals surface area contributed by atoms with E-state index in [0.29, 0.717) is 53.7 Å². The smallest absolute Gasteiger partial charge is 0.255 e. The molecule has 2 amide bonds. The van der Waals surface area contributed by atoms with Crippen LogP contribution in [0.1, 0.15) is 23.2 Å². The van der Waals surface area contributed by atoms with Crippen LogP contribution in [-0.4, -0.2) is 44.0 Å². The average molecular weight is 403 g/mol. The van der Waals surface area contributed by atoms with Gasteiger partial charge in [-0.1, -0.05) is 23.7 Å². The number of nitrogens with one attached hydrogen (secondary N) is 1. The molecule has 0 atom stereocenters. The predicted octanol–water partition coefficient (Wildman–Crippen LogP) is 3.85. The van der Waals surface area contributed by atoms with E-state index in [1.807, 2.05) is 0 Å². The Morgan fingerprint density at radius 1 is 1.07 bits per heavy atom. The Morgan fingerprint density at radius 3 is 2.43 bits per heavy atom. The summed E-state index contributed by atoms with van der Waals surface area (Å²) in [6, 6.07) is 12.3. The normalized spacial score (nSPS) is 14.5. The van der Waals surface area contributed by atoms with E-state index < -0.39 is 0 Å². The first-order valence-electron chi connectivity index (χ1n) is 9.10. The summed E-state index contributed by atoms with van der Waals surface area (Å²) >= 11 is 6.13. The number of amides is 2. The Morgan fingerprint density at radius 2 is 1.79 bits per heavy atom. The lowest BCUT2D eigenvalue weighted by Gasteiger charge is -2.31. The van der Waals surface area contributed by atoms with Gasteiger partial charge in [0.1, 0.15) is 11.5 Å². The van der Waals surface area contributed by atoms with Crippen LogP contribution < -0.4 is 14.8 Å². The topological polar surface area (TPSA) is 67.9 Å². The summed E-state index contributed by atoms with van der Waals surface area (Å²) in [4.78, 5) is 27.1. The third kappa shape index (κ3) is 4.39. The Kier molecular flexibility index (Phi) is 6.41. The highest BCUT2D eigenvalue weighted by Crippen LogP contribution is 2.30. The van der Waals surface area contributed by atoms with Crippen molar-refractivity contribution >= 4 is 29.1 Å². The minimum absolute atomic E-state index is 0.0756. The number of halogens is 1. The number of ether oxygens (including phenoxy) is 2. The van der Waals surface area contributed by atoms with Crippen LogP contribution in [0.3, 0.4) is 0 Å². The molecule has 1 saturated heterocycles. The number of rotatable bonds is 5. The summed E-state index contributed by atoms with van der Waals surface area (Å²) in [5.74, 6) is 0.858. The number of carbonyl (C=O) groups is 2. The van der Waals surface area contributed by atoms with Crippen molar-refractivity contribution in [2.24, 2.45) is 5.92 Å². The van der Waals surface area contributed by atoms with Gasteiger partial charge < -0.3 is 19.7 Å².